The molecule has 0 spiro atoms. The number of hydrogen-bond acceptors (Lipinski definition) is 5. The number of pyridine rings is 1. The van der Waals surface area contributed by atoms with Gasteiger partial charge in [0.25, 0.3) is 0 Å². The standard InChI is InChI=1S/C18H17ClN4O2/c1-12(13-5-4-6-14(19)11-13)21-16(24)8-9-17-22-18(23-25-17)15-7-2-3-10-20-15/h2-7,10-12H,8-9H2,1H3,(H,21,24)/t12-/m0/s1. The third kappa shape index (κ3) is 4.64. The van der Waals surface area contributed by atoms with Gasteiger partial charge in [-0.1, -0.05) is 35.0 Å². The number of aromatic nitrogens is 3. The first-order valence-electron chi connectivity index (χ1n) is 7.90. The van der Waals surface area contributed by atoms with Gasteiger partial charge in [0.15, 0.2) is 0 Å². The van der Waals surface area contributed by atoms with Gasteiger partial charge >= 0.3 is 0 Å². The van der Waals surface area contributed by atoms with Crippen molar-refractivity contribution in [2.45, 2.75) is 25.8 Å². The van der Waals surface area contributed by atoms with Gasteiger partial charge in [-0.2, -0.15) is 4.98 Å². The first-order chi connectivity index (χ1) is 12.1. The number of halogens is 1. The van der Waals surface area contributed by atoms with Gasteiger partial charge in [-0.15, -0.1) is 0 Å². The normalized spacial score (nSPS) is 11.9. The summed E-state index contributed by atoms with van der Waals surface area (Å²) in [6, 6.07) is 12.8. The van der Waals surface area contributed by atoms with Crippen molar-refractivity contribution < 1.29 is 9.32 Å². The first kappa shape index (κ1) is 17.1. The smallest absolute Gasteiger partial charge is 0.227 e. The van der Waals surface area contributed by atoms with Crippen LogP contribution in [-0.4, -0.2) is 21.0 Å². The summed E-state index contributed by atoms with van der Waals surface area (Å²) in [6.45, 7) is 1.91. The summed E-state index contributed by atoms with van der Waals surface area (Å²) in [6.07, 6.45) is 2.29. The molecule has 0 saturated carbocycles. The zero-order valence-electron chi connectivity index (χ0n) is 13.6. The second-order valence-electron chi connectivity index (χ2n) is 5.57. The Morgan fingerprint density at radius 2 is 2.16 bits per heavy atom. The van der Waals surface area contributed by atoms with Crippen LogP contribution in [0.2, 0.25) is 5.02 Å². The third-order valence-corrected chi connectivity index (χ3v) is 3.89. The average molecular weight is 357 g/mol. The Kier molecular flexibility index (Phi) is 5.40. The van der Waals surface area contributed by atoms with Crippen LogP contribution in [0.4, 0.5) is 0 Å². The number of rotatable bonds is 6. The molecule has 1 atom stereocenters. The van der Waals surface area contributed by atoms with E-state index >= 15 is 0 Å². The van der Waals surface area contributed by atoms with Gasteiger partial charge in [-0.3, -0.25) is 9.78 Å². The van der Waals surface area contributed by atoms with Crippen LogP contribution >= 0.6 is 11.6 Å². The van der Waals surface area contributed by atoms with Crippen LogP contribution in [0.15, 0.2) is 53.2 Å². The molecule has 1 amide bonds. The number of nitrogens with one attached hydrogen (secondary N) is 1. The van der Waals surface area contributed by atoms with Crippen molar-refractivity contribution in [2.24, 2.45) is 0 Å². The summed E-state index contributed by atoms with van der Waals surface area (Å²) in [5.41, 5.74) is 1.59. The molecule has 1 aromatic carbocycles. The first-order valence-corrected chi connectivity index (χ1v) is 8.28. The van der Waals surface area contributed by atoms with Gasteiger partial charge in [-0.05, 0) is 36.8 Å². The molecule has 6 nitrogen and oxygen atoms in total. The monoisotopic (exact) mass is 356 g/mol. The Hall–Kier alpha value is -2.73. The van der Waals surface area contributed by atoms with Crippen molar-refractivity contribution in [1.29, 1.82) is 0 Å². The molecule has 7 heteroatoms. The van der Waals surface area contributed by atoms with E-state index in [4.69, 9.17) is 16.1 Å². The molecule has 0 aliphatic rings. The van der Waals surface area contributed by atoms with E-state index < -0.39 is 0 Å². The summed E-state index contributed by atoms with van der Waals surface area (Å²) in [4.78, 5) is 20.5. The van der Waals surface area contributed by atoms with E-state index in [2.05, 4.69) is 20.4 Å². The molecule has 0 bridgehead atoms. The Morgan fingerprint density at radius 1 is 1.28 bits per heavy atom. The number of amides is 1. The van der Waals surface area contributed by atoms with Crippen molar-refractivity contribution in [3.05, 3.63) is 65.1 Å². The van der Waals surface area contributed by atoms with Gasteiger partial charge in [-0.25, -0.2) is 0 Å². The lowest BCUT2D eigenvalue weighted by atomic mass is 10.1. The molecule has 2 heterocycles. The Balaban J connectivity index is 1.53. The van der Waals surface area contributed by atoms with Crippen LogP contribution in [-0.2, 0) is 11.2 Å². The number of carbonyl (C=O) groups excluding carboxylic acids is 1. The van der Waals surface area contributed by atoms with Gasteiger partial charge < -0.3 is 9.84 Å². The molecule has 0 aliphatic carbocycles. The average Bonchev–Trinajstić information content (AvgIpc) is 3.10. The lowest BCUT2D eigenvalue weighted by molar-refractivity contribution is -0.121. The molecule has 3 rings (SSSR count). The highest BCUT2D eigenvalue weighted by molar-refractivity contribution is 6.30. The van der Waals surface area contributed by atoms with E-state index in [-0.39, 0.29) is 18.4 Å². The Morgan fingerprint density at radius 3 is 2.92 bits per heavy atom. The zero-order valence-corrected chi connectivity index (χ0v) is 14.4. The highest BCUT2D eigenvalue weighted by Gasteiger charge is 2.13. The molecule has 3 aromatic rings. The maximum absolute atomic E-state index is 12.1. The number of hydrogen-bond donors (Lipinski definition) is 1. The molecule has 0 radical (unpaired) electrons. The highest BCUT2D eigenvalue weighted by atomic mass is 35.5. The highest BCUT2D eigenvalue weighted by Crippen LogP contribution is 2.18. The van der Waals surface area contributed by atoms with E-state index in [1.807, 2.05) is 37.3 Å². The van der Waals surface area contributed by atoms with Crippen molar-refractivity contribution in [3.8, 4) is 11.5 Å². The van der Waals surface area contributed by atoms with Crippen molar-refractivity contribution in [1.82, 2.24) is 20.4 Å². The number of nitrogens with zero attached hydrogens (tertiary/aromatic N) is 3. The molecule has 0 fully saturated rings. The predicted molar refractivity (Wildman–Crippen MR) is 93.9 cm³/mol. The molecule has 25 heavy (non-hydrogen) atoms. The lowest BCUT2D eigenvalue weighted by Crippen LogP contribution is -2.26. The minimum atomic E-state index is -0.127. The van der Waals surface area contributed by atoms with Crippen molar-refractivity contribution >= 4 is 17.5 Å². The van der Waals surface area contributed by atoms with E-state index in [0.717, 1.165) is 5.56 Å². The summed E-state index contributed by atoms with van der Waals surface area (Å²) >= 11 is 5.97. The lowest BCUT2D eigenvalue weighted by Gasteiger charge is -2.14. The molecular weight excluding hydrogens is 340 g/mol. The van der Waals surface area contributed by atoms with Crippen LogP contribution in [0.1, 0.15) is 30.8 Å². The SMILES string of the molecule is C[C@H](NC(=O)CCc1nc(-c2ccccn2)no1)c1cccc(Cl)c1. The molecule has 1 N–H and O–H groups in total. The van der Waals surface area contributed by atoms with Crippen LogP contribution in [0, 0.1) is 0 Å². The zero-order chi connectivity index (χ0) is 17.6. The number of carbonyl (C=O) groups is 1. The van der Waals surface area contributed by atoms with Crippen molar-refractivity contribution in [3.63, 3.8) is 0 Å². The van der Waals surface area contributed by atoms with Crippen LogP contribution < -0.4 is 5.32 Å². The summed E-state index contributed by atoms with van der Waals surface area (Å²) in [5, 5.41) is 7.46. The number of benzene rings is 1. The summed E-state index contributed by atoms with van der Waals surface area (Å²) in [7, 11) is 0. The molecule has 128 valence electrons. The Bertz CT molecular complexity index is 851. The van der Waals surface area contributed by atoms with Crippen LogP contribution in [0.25, 0.3) is 11.5 Å². The quantitative estimate of drug-likeness (QED) is 0.729. The number of aryl methyl sites for hydroxylation is 1. The Labute approximate surface area is 150 Å². The van der Waals surface area contributed by atoms with E-state index in [1.165, 1.54) is 0 Å². The van der Waals surface area contributed by atoms with Crippen LogP contribution in [0.3, 0.4) is 0 Å². The molecular formula is C18H17ClN4O2. The predicted octanol–water partition coefficient (Wildman–Crippen LogP) is 3.60. The molecule has 2 aromatic heterocycles. The summed E-state index contributed by atoms with van der Waals surface area (Å²) < 4.78 is 5.18. The molecule has 0 aliphatic heterocycles. The topological polar surface area (TPSA) is 80.9 Å². The fourth-order valence-electron chi connectivity index (χ4n) is 2.35. The van der Waals surface area contributed by atoms with E-state index in [1.54, 1.807) is 18.3 Å². The van der Waals surface area contributed by atoms with Gasteiger partial charge in [0.05, 0.1) is 6.04 Å². The second-order valence-corrected chi connectivity index (χ2v) is 6.01. The fraction of sp³-hybridized carbons (Fsp3) is 0.222. The molecule has 0 saturated heterocycles. The van der Waals surface area contributed by atoms with E-state index in [0.29, 0.717) is 28.9 Å². The minimum Gasteiger partial charge on any atom is -0.350 e. The van der Waals surface area contributed by atoms with Crippen LogP contribution in [0.5, 0.6) is 0 Å². The maximum Gasteiger partial charge on any atom is 0.227 e. The third-order valence-electron chi connectivity index (χ3n) is 3.65. The largest absolute Gasteiger partial charge is 0.350 e. The van der Waals surface area contributed by atoms with Gasteiger partial charge in [0.2, 0.25) is 17.6 Å². The minimum absolute atomic E-state index is 0.0925. The fourth-order valence-corrected chi connectivity index (χ4v) is 2.55. The molecule has 0 unspecified atom stereocenters. The van der Waals surface area contributed by atoms with Gasteiger partial charge in [0.1, 0.15) is 5.69 Å². The second kappa shape index (κ2) is 7.90. The van der Waals surface area contributed by atoms with E-state index in [9.17, 15) is 4.79 Å². The van der Waals surface area contributed by atoms with Crippen molar-refractivity contribution in [2.75, 3.05) is 0 Å². The van der Waals surface area contributed by atoms with Gasteiger partial charge in [0, 0.05) is 24.1 Å². The maximum atomic E-state index is 12.1. The summed E-state index contributed by atoms with van der Waals surface area (Å²) in [5.74, 6) is 0.736.